The molecule has 3 aromatic rings. The molecule has 0 spiro atoms. The lowest BCUT2D eigenvalue weighted by molar-refractivity contribution is 1.09. The Morgan fingerprint density at radius 3 is 2.44 bits per heavy atom. The van der Waals surface area contributed by atoms with E-state index in [1.54, 1.807) is 0 Å². The van der Waals surface area contributed by atoms with Crippen molar-refractivity contribution in [3.05, 3.63) is 59.5 Å². The van der Waals surface area contributed by atoms with Crippen molar-refractivity contribution >= 4 is 22.5 Å². The van der Waals surface area contributed by atoms with Gasteiger partial charge in [-0.3, -0.25) is 0 Å². The van der Waals surface area contributed by atoms with Crippen molar-refractivity contribution < 1.29 is 0 Å². The van der Waals surface area contributed by atoms with Crippen LogP contribution in [0.3, 0.4) is 0 Å². The molecule has 2 nitrogen and oxygen atoms in total. The van der Waals surface area contributed by atoms with Gasteiger partial charge < -0.3 is 0 Å². The predicted octanol–water partition coefficient (Wildman–Crippen LogP) is 4.26. The first-order valence-electron chi connectivity index (χ1n) is 5.74. The number of aryl methyl sites for hydroxylation is 1. The van der Waals surface area contributed by atoms with Gasteiger partial charge in [-0.2, -0.15) is 0 Å². The number of aromatic nitrogens is 2. The number of benzene rings is 2. The summed E-state index contributed by atoms with van der Waals surface area (Å²) in [6.45, 7) is 1.85. The number of nitrogens with zero attached hydrogens (tertiary/aromatic N) is 2. The van der Waals surface area contributed by atoms with Crippen LogP contribution in [0.25, 0.3) is 22.0 Å². The molecule has 1 aromatic heterocycles. The van der Waals surface area contributed by atoms with E-state index in [0.717, 1.165) is 22.0 Å². The molecular formula is C15H11ClN2. The Labute approximate surface area is 110 Å². The maximum absolute atomic E-state index is 6.27. The van der Waals surface area contributed by atoms with E-state index in [9.17, 15) is 0 Å². The SMILES string of the molecule is Cc1nc(Cl)c2c(-c3ccccc3)cccc2n1. The van der Waals surface area contributed by atoms with Crippen LogP contribution in [-0.2, 0) is 0 Å². The minimum absolute atomic E-state index is 0.511. The zero-order valence-electron chi connectivity index (χ0n) is 9.89. The zero-order valence-corrected chi connectivity index (χ0v) is 10.6. The van der Waals surface area contributed by atoms with E-state index in [1.165, 1.54) is 0 Å². The molecule has 3 heteroatoms. The molecule has 0 saturated carbocycles. The van der Waals surface area contributed by atoms with Gasteiger partial charge in [0.25, 0.3) is 0 Å². The van der Waals surface area contributed by atoms with Gasteiger partial charge in [-0.25, -0.2) is 9.97 Å². The maximum atomic E-state index is 6.27. The lowest BCUT2D eigenvalue weighted by Gasteiger charge is -2.08. The molecule has 18 heavy (non-hydrogen) atoms. The summed E-state index contributed by atoms with van der Waals surface area (Å²) in [6, 6.07) is 16.1. The normalized spacial score (nSPS) is 10.8. The first-order valence-corrected chi connectivity index (χ1v) is 6.12. The second-order valence-electron chi connectivity index (χ2n) is 4.13. The maximum Gasteiger partial charge on any atom is 0.141 e. The van der Waals surface area contributed by atoms with E-state index in [0.29, 0.717) is 11.0 Å². The van der Waals surface area contributed by atoms with Crippen LogP contribution in [0.5, 0.6) is 0 Å². The molecule has 0 radical (unpaired) electrons. The molecule has 0 aliphatic heterocycles. The Bertz CT molecular complexity index is 708. The van der Waals surface area contributed by atoms with Crippen LogP contribution < -0.4 is 0 Å². The quantitative estimate of drug-likeness (QED) is 0.607. The first-order chi connectivity index (χ1) is 8.75. The summed E-state index contributed by atoms with van der Waals surface area (Å²) in [4.78, 5) is 8.67. The predicted molar refractivity (Wildman–Crippen MR) is 74.7 cm³/mol. The molecular weight excluding hydrogens is 244 g/mol. The molecule has 0 saturated heterocycles. The third-order valence-electron chi connectivity index (χ3n) is 2.88. The van der Waals surface area contributed by atoms with E-state index in [2.05, 4.69) is 22.1 Å². The van der Waals surface area contributed by atoms with Gasteiger partial charge in [0, 0.05) is 5.39 Å². The summed E-state index contributed by atoms with van der Waals surface area (Å²) in [5.41, 5.74) is 3.07. The molecule has 0 N–H and O–H groups in total. The number of halogens is 1. The minimum Gasteiger partial charge on any atom is -0.233 e. The van der Waals surface area contributed by atoms with E-state index in [4.69, 9.17) is 11.6 Å². The Balaban J connectivity index is 2.37. The van der Waals surface area contributed by atoms with E-state index in [1.807, 2.05) is 43.3 Å². The second kappa shape index (κ2) is 4.39. The molecule has 88 valence electrons. The fraction of sp³-hybridized carbons (Fsp3) is 0.0667. The molecule has 0 bridgehead atoms. The van der Waals surface area contributed by atoms with Gasteiger partial charge in [0.05, 0.1) is 5.52 Å². The van der Waals surface area contributed by atoms with Gasteiger partial charge in [-0.15, -0.1) is 0 Å². The summed E-state index contributed by atoms with van der Waals surface area (Å²) in [5, 5.41) is 1.42. The van der Waals surface area contributed by atoms with E-state index < -0.39 is 0 Å². The highest BCUT2D eigenvalue weighted by Crippen LogP contribution is 2.31. The van der Waals surface area contributed by atoms with Crippen molar-refractivity contribution in [2.75, 3.05) is 0 Å². The molecule has 0 aliphatic carbocycles. The minimum atomic E-state index is 0.511. The fourth-order valence-corrected chi connectivity index (χ4v) is 2.43. The molecule has 1 heterocycles. The van der Waals surface area contributed by atoms with E-state index in [-0.39, 0.29) is 0 Å². The smallest absolute Gasteiger partial charge is 0.141 e. The van der Waals surface area contributed by atoms with E-state index >= 15 is 0 Å². The first kappa shape index (κ1) is 11.2. The number of rotatable bonds is 1. The standard InChI is InChI=1S/C15H11ClN2/c1-10-17-13-9-5-8-12(14(13)15(16)18-10)11-6-3-2-4-7-11/h2-9H,1H3. The van der Waals surface area contributed by atoms with Gasteiger partial charge in [0.1, 0.15) is 11.0 Å². The van der Waals surface area contributed by atoms with Gasteiger partial charge in [0.2, 0.25) is 0 Å². The molecule has 2 aromatic carbocycles. The van der Waals surface area contributed by atoms with Crippen LogP contribution in [0.15, 0.2) is 48.5 Å². The fourth-order valence-electron chi connectivity index (χ4n) is 2.11. The summed E-state index contributed by atoms with van der Waals surface area (Å²) in [7, 11) is 0. The Kier molecular flexibility index (Phi) is 2.73. The molecule has 0 fully saturated rings. The zero-order chi connectivity index (χ0) is 12.5. The van der Waals surface area contributed by atoms with Crippen molar-refractivity contribution in [3.8, 4) is 11.1 Å². The molecule has 0 amide bonds. The topological polar surface area (TPSA) is 25.8 Å². The highest BCUT2D eigenvalue weighted by Gasteiger charge is 2.09. The summed E-state index contributed by atoms with van der Waals surface area (Å²) >= 11 is 6.27. The second-order valence-corrected chi connectivity index (χ2v) is 4.49. The third kappa shape index (κ3) is 1.85. The van der Waals surface area contributed by atoms with Crippen LogP contribution in [0, 0.1) is 6.92 Å². The van der Waals surface area contributed by atoms with Gasteiger partial charge in [-0.05, 0) is 24.1 Å². The lowest BCUT2D eigenvalue weighted by Crippen LogP contribution is -1.92. The molecule has 0 atom stereocenters. The summed E-state index contributed by atoms with van der Waals surface area (Å²) in [5.74, 6) is 0.692. The Morgan fingerprint density at radius 2 is 1.67 bits per heavy atom. The van der Waals surface area contributed by atoms with Crippen LogP contribution in [0.4, 0.5) is 0 Å². The largest absolute Gasteiger partial charge is 0.233 e. The molecule has 0 unspecified atom stereocenters. The average molecular weight is 255 g/mol. The summed E-state index contributed by atoms with van der Waals surface area (Å²) in [6.07, 6.45) is 0. The molecule has 3 rings (SSSR count). The number of hydrogen-bond donors (Lipinski definition) is 0. The van der Waals surface area contributed by atoms with Gasteiger partial charge in [-0.1, -0.05) is 54.1 Å². The van der Waals surface area contributed by atoms with Gasteiger partial charge >= 0.3 is 0 Å². The highest BCUT2D eigenvalue weighted by molar-refractivity contribution is 6.35. The van der Waals surface area contributed by atoms with Gasteiger partial charge in [0.15, 0.2) is 0 Å². The van der Waals surface area contributed by atoms with Crippen LogP contribution in [0.2, 0.25) is 5.15 Å². The van der Waals surface area contributed by atoms with Crippen molar-refractivity contribution in [2.45, 2.75) is 6.92 Å². The lowest BCUT2D eigenvalue weighted by atomic mass is 10.0. The monoisotopic (exact) mass is 254 g/mol. The number of hydrogen-bond acceptors (Lipinski definition) is 2. The van der Waals surface area contributed by atoms with Crippen molar-refractivity contribution in [1.82, 2.24) is 9.97 Å². The van der Waals surface area contributed by atoms with Crippen molar-refractivity contribution in [1.29, 1.82) is 0 Å². The summed E-state index contributed by atoms with van der Waals surface area (Å²) < 4.78 is 0. The Morgan fingerprint density at radius 1 is 0.889 bits per heavy atom. The van der Waals surface area contributed by atoms with Crippen molar-refractivity contribution in [3.63, 3.8) is 0 Å². The van der Waals surface area contributed by atoms with Crippen LogP contribution in [-0.4, -0.2) is 9.97 Å². The highest BCUT2D eigenvalue weighted by atomic mass is 35.5. The third-order valence-corrected chi connectivity index (χ3v) is 3.15. The Hall–Kier alpha value is -1.93. The van der Waals surface area contributed by atoms with Crippen LogP contribution in [0.1, 0.15) is 5.82 Å². The average Bonchev–Trinajstić information content (AvgIpc) is 2.38. The van der Waals surface area contributed by atoms with Crippen molar-refractivity contribution in [2.24, 2.45) is 0 Å². The van der Waals surface area contributed by atoms with Crippen LogP contribution >= 0.6 is 11.6 Å². The molecule has 0 aliphatic rings. The number of fused-ring (bicyclic) bond motifs is 1.